The van der Waals surface area contributed by atoms with Crippen molar-refractivity contribution < 1.29 is 0 Å². The van der Waals surface area contributed by atoms with Gasteiger partial charge < -0.3 is 16.0 Å². The monoisotopic (exact) mass is 206 g/mol. The largest absolute Gasteiger partial charge is 0.397 e. The van der Waals surface area contributed by atoms with Crippen molar-refractivity contribution in [1.29, 1.82) is 5.41 Å². The second kappa shape index (κ2) is 4.89. The normalized spacial score (nSPS) is 12.8. The highest BCUT2D eigenvalue weighted by atomic mass is 15.1. The minimum absolute atomic E-state index is 0.344. The third-order valence-corrected chi connectivity index (χ3v) is 2.48. The maximum Gasteiger partial charge on any atom is 0.0839 e. The number of nitrogens with zero attached hydrogens (tertiary/aromatic N) is 2. The Labute approximate surface area is 90.6 Å². The van der Waals surface area contributed by atoms with Crippen LogP contribution in [0.2, 0.25) is 0 Å². The minimum Gasteiger partial charge on any atom is -0.397 e. The van der Waals surface area contributed by atoms with Gasteiger partial charge in [0.25, 0.3) is 0 Å². The van der Waals surface area contributed by atoms with Crippen LogP contribution in [0.5, 0.6) is 0 Å². The lowest BCUT2D eigenvalue weighted by Gasteiger charge is -2.19. The van der Waals surface area contributed by atoms with Gasteiger partial charge in [-0.3, -0.25) is 4.98 Å². The quantitative estimate of drug-likeness (QED) is 0.731. The molecule has 82 valence electrons. The molecule has 0 saturated carbocycles. The van der Waals surface area contributed by atoms with E-state index in [4.69, 9.17) is 11.1 Å². The molecule has 0 spiro atoms. The second-order valence-electron chi connectivity index (χ2n) is 3.97. The van der Waals surface area contributed by atoms with Crippen LogP contribution in [0.3, 0.4) is 0 Å². The van der Waals surface area contributed by atoms with Crippen LogP contribution in [0.4, 0.5) is 5.69 Å². The molecule has 0 unspecified atom stereocenters. The molecule has 1 atom stereocenters. The van der Waals surface area contributed by atoms with Crippen LogP contribution in [-0.2, 0) is 0 Å². The molecule has 15 heavy (non-hydrogen) atoms. The molecule has 3 N–H and O–H groups in total. The fraction of sp³-hybridized carbons (Fsp3) is 0.455. The van der Waals surface area contributed by atoms with Gasteiger partial charge in [0.1, 0.15) is 0 Å². The van der Waals surface area contributed by atoms with Crippen LogP contribution in [0.15, 0.2) is 18.3 Å². The lowest BCUT2D eigenvalue weighted by molar-refractivity contribution is 0.321. The van der Waals surface area contributed by atoms with Crippen LogP contribution in [0.1, 0.15) is 19.0 Å². The molecule has 0 fully saturated rings. The summed E-state index contributed by atoms with van der Waals surface area (Å²) in [5, 5.41) is 7.89. The molecule has 1 aromatic rings. The van der Waals surface area contributed by atoms with Crippen molar-refractivity contribution in [2.75, 3.05) is 19.8 Å². The summed E-state index contributed by atoms with van der Waals surface area (Å²) in [6, 6.07) is 3.91. The first kappa shape index (κ1) is 11.7. The van der Waals surface area contributed by atoms with Gasteiger partial charge in [-0.2, -0.15) is 0 Å². The van der Waals surface area contributed by atoms with Gasteiger partial charge in [-0.1, -0.05) is 0 Å². The molecule has 0 aliphatic rings. The van der Waals surface area contributed by atoms with E-state index in [0.29, 0.717) is 29.6 Å². The highest BCUT2D eigenvalue weighted by Crippen LogP contribution is 2.07. The highest BCUT2D eigenvalue weighted by molar-refractivity contribution is 5.96. The zero-order valence-electron chi connectivity index (χ0n) is 9.49. The summed E-state index contributed by atoms with van der Waals surface area (Å²) in [6.45, 7) is 2.09. The SMILES string of the molecule is C[C@H](CC(=N)c1ccc(N)cn1)N(C)C. The molecule has 1 heterocycles. The average Bonchev–Trinajstić information content (AvgIpc) is 2.18. The molecule has 0 saturated heterocycles. The molecular weight excluding hydrogens is 188 g/mol. The predicted octanol–water partition coefficient (Wildman–Crippen LogP) is 1.37. The fourth-order valence-electron chi connectivity index (χ4n) is 1.17. The number of nitrogens with one attached hydrogen (secondary N) is 1. The van der Waals surface area contributed by atoms with E-state index in [9.17, 15) is 0 Å². The number of rotatable bonds is 4. The minimum atomic E-state index is 0.344. The summed E-state index contributed by atoms with van der Waals surface area (Å²) in [4.78, 5) is 6.21. The van der Waals surface area contributed by atoms with Crippen LogP contribution < -0.4 is 5.73 Å². The van der Waals surface area contributed by atoms with Gasteiger partial charge in [-0.15, -0.1) is 0 Å². The number of nitrogen functional groups attached to an aromatic ring is 1. The van der Waals surface area contributed by atoms with Crippen LogP contribution >= 0.6 is 0 Å². The van der Waals surface area contributed by atoms with Crippen molar-refractivity contribution in [3.8, 4) is 0 Å². The van der Waals surface area contributed by atoms with Gasteiger partial charge in [-0.05, 0) is 33.2 Å². The first-order valence-corrected chi connectivity index (χ1v) is 4.96. The predicted molar refractivity (Wildman–Crippen MR) is 63.2 cm³/mol. The summed E-state index contributed by atoms with van der Waals surface area (Å²) in [5.41, 5.74) is 7.43. The highest BCUT2D eigenvalue weighted by Gasteiger charge is 2.10. The van der Waals surface area contributed by atoms with Crippen molar-refractivity contribution in [3.05, 3.63) is 24.0 Å². The summed E-state index contributed by atoms with van der Waals surface area (Å²) in [5.74, 6) is 0. The maximum atomic E-state index is 7.89. The molecule has 1 aromatic heterocycles. The second-order valence-corrected chi connectivity index (χ2v) is 3.97. The molecular formula is C11H18N4. The smallest absolute Gasteiger partial charge is 0.0839 e. The summed E-state index contributed by atoms with van der Waals surface area (Å²) >= 11 is 0. The standard InChI is InChI=1S/C11H18N4/c1-8(15(2)3)6-10(13)11-5-4-9(12)7-14-11/h4-5,7-8,13H,6,12H2,1-3H3/t8-/m1/s1. The molecule has 4 nitrogen and oxygen atoms in total. The van der Waals surface area contributed by atoms with Gasteiger partial charge in [0, 0.05) is 12.5 Å². The Hall–Kier alpha value is -1.42. The van der Waals surface area contributed by atoms with Gasteiger partial charge in [0.05, 0.1) is 23.3 Å². The lowest BCUT2D eigenvalue weighted by atomic mass is 10.1. The first-order chi connectivity index (χ1) is 7.00. The van der Waals surface area contributed by atoms with Crippen molar-refractivity contribution in [2.45, 2.75) is 19.4 Å². The van der Waals surface area contributed by atoms with Crippen molar-refractivity contribution in [1.82, 2.24) is 9.88 Å². The molecule has 0 aliphatic heterocycles. The van der Waals surface area contributed by atoms with E-state index >= 15 is 0 Å². The average molecular weight is 206 g/mol. The summed E-state index contributed by atoms with van der Waals surface area (Å²) in [6.07, 6.45) is 2.29. The zero-order valence-corrected chi connectivity index (χ0v) is 9.49. The Balaban J connectivity index is 2.65. The van der Waals surface area contributed by atoms with E-state index in [1.165, 1.54) is 0 Å². The fourth-order valence-corrected chi connectivity index (χ4v) is 1.17. The van der Waals surface area contributed by atoms with E-state index in [1.54, 1.807) is 18.3 Å². The van der Waals surface area contributed by atoms with Crippen LogP contribution in [-0.4, -0.2) is 35.7 Å². The molecule has 0 bridgehead atoms. The van der Waals surface area contributed by atoms with E-state index in [2.05, 4.69) is 16.8 Å². The zero-order chi connectivity index (χ0) is 11.4. The Morgan fingerprint density at radius 3 is 2.67 bits per heavy atom. The molecule has 0 aromatic carbocycles. The Bertz CT molecular complexity index is 329. The van der Waals surface area contributed by atoms with Crippen LogP contribution in [0.25, 0.3) is 0 Å². The number of anilines is 1. The van der Waals surface area contributed by atoms with Gasteiger partial charge in [0.15, 0.2) is 0 Å². The molecule has 0 radical (unpaired) electrons. The summed E-state index contributed by atoms with van der Waals surface area (Å²) < 4.78 is 0. The summed E-state index contributed by atoms with van der Waals surface area (Å²) in [7, 11) is 4.02. The number of nitrogens with two attached hydrogens (primary N) is 1. The van der Waals surface area contributed by atoms with Crippen molar-refractivity contribution in [2.24, 2.45) is 0 Å². The molecule has 1 rings (SSSR count). The van der Waals surface area contributed by atoms with Crippen molar-refractivity contribution in [3.63, 3.8) is 0 Å². The van der Waals surface area contributed by atoms with Gasteiger partial charge >= 0.3 is 0 Å². The third-order valence-electron chi connectivity index (χ3n) is 2.48. The van der Waals surface area contributed by atoms with E-state index in [1.807, 2.05) is 14.1 Å². The van der Waals surface area contributed by atoms with Gasteiger partial charge in [-0.25, -0.2) is 0 Å². The van der Waals surface area contributed by atoms with Crippen molar-refractivity contribution >= 4 is 11.4 Å². The van der Waals surface area contributed by atoms with Gasteiger partial charge in [0.2, 0.25) is 0 Å². The molecule has 0 aliphatic carbocycles. The number of hydrogen-bond donors (Lipinski definition) is 2. The third kappa shape index (κ3) is 3.32. The topological polar surface area (TPSA) is 66.0 Å². The Kier molecular flexibility index (Phi) is 3.80. The van der Waals surface area contributed by atoms with E-state index < -0.39 is 0 Å². The number of hydrogen-bond acceptors (Lipinski definition) is 4. The first-order valence-electron chi connectivity index (χ1n) is 4.96. The van der Waals surface area contributed by atoms with E-state index in [-0.39, 0.29) is 0 Å². The maximum absolute atomic E-state index is 7.89. The Morgan fingerprint density at radius 2 is 2.20 bits per heavy atom. The van der Waals surface area contributed by atoms with E-state index in [0.717, 1.165) is 0 Å². The Morgan fingerprint density at radius 1 is 1.53 bits per heavy atom. The lowest BCUT2D eigenvalue weighted by Crippen LogP contribution is -2.27. The number of pyridine rings is 1. The molecule has 0 amide bonds. The number of aromatic nitrogens is 1. The molecule has 4 heteroatoms. The van der Waals surface area contributed by atoms with Crippen LogP contribution in [0, 0.1) is 5.41 Å².